The van der Waals surface area contributed by atoms with Crippen molar-refractivity contribution in [3.63, 3.8) is 0 Å². The first-order valence-corrected chi connectivity index (χ1v) is 8.11. The Morgan fingerprint density at radius 3 is 2.62 bits per heavy atom. The summed E-state index contributed by atoms with van der Waals surface area (Å²) in [5.41, 5.74) is 1.65. The van der Waals surface area contributed by atoms with E-state index in [0.717, 1.165) is 11.5 Å². The quantitative estimate of drug-likeness (QED) is 0.548. The van der Waals surface area contributed by atoms with Gasteiger partial charge in [-0.25, -0.2) is 0 Å². The second-order valence-electron chi connectivity index (χ2n) is 6.00. The molecule has 1 aromatic carbocycles. The molecule has 24 heavy (non-hydrogen) atoms. The van der Waals surface area contributed by atoms with E-state index >= 15 is 0 Å². The van der Waals surface area contributed by atoms with Gasteiger partial charge in [-0.3, -0.25) is 14.6 Å². The number of aliphatic imine (C=N–C) groups is 1. The lowest BCUT2D eigenvalue weighted by Crippen LogP contribution is -2.49. The van der Waals surface area contributed by atoms with Crippen LogP contribution < -0.4 is 16.0 Å². The highest BCUT2D eigenvalue weighted by Crippen LogP contribution is 2.09. The Balaban J connectivity index is 1.92. The first-order chi connectivity index (χ1) is 11.5. The van der Waals surface area contributed by atoms with E-state index < -0.39 is 0 Å². The van der Waals surface area contributed by atoms with Crippen LogP contribution in [-0.2, 0) is 11.3 Å². The van der Waals surface area contributed by atoms with Crippen molar-refractivity contribution in [1.29, 1.82) is 0 Å². The van der Waals surface area contributed by atoms with Crippen LogP contribution in [0.3, 0.4) is 0 Å². The third-order valence-electron chi connectivity index (χ3n) is 3.64. The molecule has 0 spiro atoms. The lowest BCUT2D eigenvalue weighted by molar-refractivity contribution is -0.123. The summed E-state index contributed by atoms with van der Waals surface area (Å²) in [6, 6.07) is 7.72. The van der Waals surface area contributed by atoms with Crippen LogP contribution >= 0.6 is 0 Å². The second kappa shape index (κ2) is 8.33. The molecule has 0 unspecified atom stereocenters. The molecule has 7 heteroatoms. The molecule has 1 aliphatic rings. The van der Waals surface area contributed by atoms with Crippen molar-refractivity contribution < 1.29 is 9.59 Å². The van der Waals surface area contributed by atoms with Gasteiger partial charge in [0.2, 0.25) is 5.91 Å². The maximum absolute atomic E-state index is 12.4. The zero-order valence-electron chi connectivity index (χ0n) is 14.4. The van der Waals surface area contributed by atoms with Gasteiger partial charge in [0.05, 0.1) is 6.54 Å². The van der Waals surface area contributed by atoms with Crippen LogP contribution in [0.2, 0.25) is 0 Å². The summed E-state index contributed by atoms with van der Waals surface area (Å²) in [5.74, 6) is 0.519. The number of hydrogen-bond acceptors (Lipinski definition) is 3. The van der Waals surface area contributed by atoms with Gasteiger partial charge in [-0.2, -0.15) is 0 Å². The Morgan fingerprint density at radius 1 is 1.33 bits per heavy atom. The fraction of sp³-hybridized carbons (Fsp3) is 0.471. The van der Waals surface area contributed by atoms with Gasteiger partial charge in [-0.05, 0) is 31.5 Å². The van der Waals surface area contributed by atoms with Crippen molar-refractivity contribution in [1.82, 2.24) is 20.9 Å². The van der Waals surface area contributed by atoms with Crippen LogP contribution in [0.4, 0.5) is 0 Å². The molecule has 1 fully saturated rings. The zero-order chi connectivity index (χ0) is 17.5. The molecule has 0 atom stereocenters. The molecule has 1 heterocycles. The number of guanidine groups is 1. The van der Waals surface area contributed by atoms with E-state index in [4.69, 9.17) is 0 Å². The zero-order valence-corrected chi connectivity index (χ0v) is 14.4. The molecule has 0 bridgehead atoms. The topological polar surface area (TPSA) is 85.8 Å². The summed E-state index contributed by atoms with van der Waals surface area (Å²) in [5, 5.41) is 9.16. The Labute approximate surface area is 142 Å². The van der Waals surface area contributed by atoms with Crippen LogP contribution in [0.5, 0.6) is 0 Å². The van der Waals surface area contributed by atoms with Gasteiger partial charge in [-0.15, -0.1) is 0 Å². The normalized spacial score (nSPS) is 15.2. The first kappa shape index (κ1) is 17.8. The Hall–Kier alpha value is -2.57. The molecule has 0 saturated carbocycles. The number of benzene rings is 1. The molecule has 130 valence electrons. The Kier molecular flexibility index (Phi) is 6.17. The highest BCUT2D eigenvalue weighted by atomic mass is 16.2. The number of carbonyl (C=O) groups excluding carboxylic acids is 2. The summed E-state index contributed by atoms with van der Waals surface area (Å²) < 4.78 is 0. The van der Waals surface area contributed by atoms with Gasteiger partial charge < -0.3 is 20.9 Å². The third kappa shape index (κ3) is 4.97. The van der Waals surface area contributed by atoms with E-state index in [2.05, 4.69) is 20.9 Å². The summed E-state index contributed by atoms with van der Waals surface area (Å²) >= 11 is 0. The monoisotopic (exact) mass is 331 g/mol. The number of nitrogens with zero attached hydrogens (tertiary/aromatic N) is 2. The number of nitrogens with one attached hydrogen (secondary N) is 3. The number of rotatable bonds is 4. The Bertz CT molecular complexity index is 610. The largest absolute Gasteiger partial charge is 0.354 e. The molecule has 2 rings (SSSR count). The third-order valence-corrected chi connectivity index (χ3v) is 3.64. The van der Waals surface area contributed by atoms with Crippen LogP contribution in [-0.4, -0.2) is 55.4 Å². The highest BCUT2D eigenvalue weighted by Gasteiger charge is 2.21. The molecule has 1 aromatic rings. The standard InChI is InChI=1S/C17H25N5O2/c1-12(2)21-17(18-3)20-10-13-4-6-14(7-5-13)16(24)22-9-8-19-15(23)11-22/h4-7,12H,8-11H2,1-3H3,(H,19,23)(H2,18,20,21). The smallest absolute Gasteiger partial charge is 0.254 e. The maximum atomic E-state index is 12.4. The molecule has 3 N–H and O–H groups in total. The lowest BCUT2D eigenvalue weighted by Gasteiger charge is -2.26. The minimum atomic E-state index is -0.112. The maximum Gasteiger partial charge on any atom is 0.254 e. The number of amides is 2. The molecule has 0 aliphatic carbocycles. The first-order valence-electron chi connectivity index (χ1n) is 8.11. The van der Waals surface area contributed by atoms with Crippen LogP contribution in [0.1, 0.15) is 29.8 Å². The van der Waals surface area contributed by atoms with Crippen molar-refractivity contribution in [2.24, 2.45) is 4.99 Å². The summed E-state index contributed by atoms with van der Waals surface area (Å²) in [4.78, 5) is 29.5. The average molecular weight is 331 g/mol. The molecular weight excluding hydrogens is 306 g/mol. The summed E-state index contributed by atoms with van der Waals surface area (Å²) in [6.07, 6.45) is 0. The molecule has 1 saturated heterocycles. The Morgan fingerprint density at radius 2 is 2.04 bits per heavy atom. The van der Waals surface area contributed by atoms with Gasteiger partial charge in [0.15, 0.2) is 5.96 Å². The minimum absolute atomic E-state index is 0.110. The van der Waals surface area contributed by atoms with Crippen molar-refractivity contribution in [3.8, 4) is 0 Å². The van der Waals surface area contributed by atoms with Gasteiger partial charge in [-0.1, -0.05) is 12.1 Å². The number of piperazine rings is 1. The van der Waals surface area contributed by atoms with Crippen molar-refractivity contribution >= 4 is 17.8 Å². The average Bonchev–Trinajstić information content (AvgIpc) is 2.58. The minimum Gasteiger partial charge on any atom is -0.354 e. The molecule has 1 aliphatic heterocycles. The van der Waals surface area contributed by atoms with Crippen LogP contribution in [0.25, 0.3) is 0 Å². The van der Waals surface area contributed by atoms with Crippen LogP contribution in [0.15, 0.2) is 29.3 Å². The van der Waals surface area contributed by atoms with E-state index in [1.807, 2.05) is 26.0 Å². The van der Waals surface area contributed by atoms with Gasteiger partial charge in [0.25, 0.3) is 5.91 Å². The molecular formula is C17H25N5O2. The van der Waals surface area contributed by atoms with Gasteiger partial charge in [0.1, 0.15) is 0 Å². The van der Waals surface area contributed by atoms with Gasteiger partial charge >= 0.3 is 0 Å². The molecule has 7 nitrogen and oxygen atoms in total. The molecule has 2 amide bonds. The van der Waals surface area contributed by atoms with Crippen molar-refractivity contribution in [2.45, 2.75) is 26.4 Å². The van der Waals surface area contributed by atoms with Crippen LogP contribution in [0, 0.1) is 0 Å². The predicted octanol–water partition coefficient (Wildman–Crippen LogP) is 0.332. The lowest BCUT2D eigenvalue weighted by atomic mass is 10.1. The number of hydrogen-bond donors (Lipinski definition) is 3. The fourth-order valence-corrected chi connectivity index (χ4v) is 2.41. The summed E-state index contributed by atoms with van der Waals surface area (Å²) in [6.45, 7) is 5.90. The van der Waals surface area contributed by atoms with E-state index in [1.54, 1.807) is 24.1 Å². The predicted molar refractivity (Wildman–Crippen MR) is 93.8 cm³/mol. The van der Waals surface area contributed by atoms with E-state index in [9.17, 15) is 9.59 Å². The SMILES string of the molecule is CN=C(NCc1ccc(C(=O)N2CCNC(=O)C2)cc1)NC(C)C. The molecule has 0 radical (unpaired) electrons. The van der Waals surface area contributed by atoms with E-state index in [1.165, 1.54) is 0 Å². The van der Waals surface area contributed by atoms with Crippen molar-refractivity contribution in [3.05, 3.63) is 35.4 Å². The second-order valence-corrected chi connectivity index (χ2v) is 6.00. The molecule has 0 aromatic heterocycles. The van der Waals surface area contributed by atoms with Crippen molar-refractivity contribution in [2.75, 3.05) is 26.7 Å². The fourth-order valence-electron chi connectivity index (χ4n) is 2.41. The highest BCUT2D eigenvalue weighted by molar-refractivity contribution is 5.97. The van der Waals surface area contributed by atoms with E-state index in [-0.39, 0.29) is 18.4 Å². The van der Waals surface area contributed by atoms with E-state index in [0.29, 0.717) is 31.2 Å². The summed E-state index contributed by atoms with van der Waals surface area (Å²) in [7, 11) is 1.73. The van der Waals surface area contributed by atoms with Gasteiger partial charge in [0, 0.05) is 38.3 Å². The number of carbonyl (C=O) groups is 2.